The van der Waals surface area contributed by atoms with E-state index < -0.39 is 6.10 Å². The molecule has 0 fully saturated rings. The van der Waals surface area contributed by atoms with Crippen LogP contribution in [0.5, 0.6) is 0 Å². The van der Waals surface area contributed by atoms with Crippen LogP contribution < -0.4 is 0 Å². The molecule has 2 aromatic rings. The fourth-order valence-electron chi connectivity index (χ4n) is 2.68. The Morgan fingerprint density at radius 1 is 1.40 bits per heavy atom. The number of hydrogen-bond donors (Lipinski definition) is 1. The molecule has 1 N–H and O–H groups in total. The first-order chi connectivity index (χ1) is 9.74. The topological polar surface area (TPSA) is 49.0 Å². The van der Waals surface area contributed by atoms with Crippen molar-refractivity contribution in [3.8, 4) is 0 Å². The van der Waals surface area contributed by atoms with Crippen LogP contribution in [0.15, 0.2) is 44.8 Å². The fourth-order valence-corrected chi connectivity index (χ4v) is 3.83. The van der Waals surface area contributed by atoms with E-state index in [2.05, 4.69) is 22.0 Å². The summed E-state index contributed by atoms with van der Waals surface area (Å²) in [6.07, 6.45) is 1.21. The molecule has 1 aromatic heterocycles. The minimum absolute atomic E-state index is 0.490. The molecule has 2 aliphatic rings. The summed E-state index contributed by atoms with van der Waals surface area (Å²) in [5.74, 6) is 0. The third kappa shape index (κ3) is 1.70. The lowest BCUT2D eigenvalue weighted by molar-refractivity contribution is 0.240. The van der Waals surface area contributed by atoms with Crippen LogP contribution in [0.25, 0.3) is 16.7 Å². The molecular formula is C15H14N2O2S. The van der Waals surface area contributed by atoms with Crippen LogP contribution in [-0.2, 0) is 0 Å². The summed E-state index contributed by atoms with van der Waals surface area (Å²) in [5, 5.41) is 12.1. The van der Waals surface area contributed by atoms with Crippen molar-refractivity contribution >= 4 is 33.6 Å². The van der Waals surface area contributed by atoms with Crippen LogP contribution in [0.1, 0.15) is 12.5 Å². The molecule has 2 aliphatic heterocycles. The van der Waals surface area contributed by atoms with E-state index >= 15 is 0 Å². The van der Waals surface area contributed by atoms with Gasteiger partial charge in [-0.2, -0.15) is 0 Å². The second-order valence-corrected chi connectivity index (χ2v) is 5.99. The molecule has 0 aliphatic carbocycles. The number of rotatable bonds is 2. The molecule has 0 amide bonds. The van der Waals surface area contributed by atoms with Crippen molar-refractivity contribution in [2.45, 2.75) is 13.0 Å². The summed E-state index contributed by atoms with van der Waals surface area (Å²) < 4.78 is 5.48. The van der Waals surface area contributed by atoms with Crippen molar-refractivity contribution < 1.29 is 9.52 Å². The molecule has 4 nitrogen and oxygen atoms in total. The zero-order chi connectivity index (χ0) is 13.7. The Kier molecular flexibility index (Phi) is 2.65. The smallest absolute Gasteiger partial charge is 0.168 e. The van der Waals surface area contributed by atoms with Crippen LogP contribution in [0.3, 0.4) is 0 Å². The van der Waals surface area contributed by atoms with Gasteiger partial charge < -0.3 is 14.4 Å². The lowest BCUT2D eigenvalue weighted by Gasteiger charge is -2.18. The number of benzene rings is 1. The van der Waals surface area contributed by atoms with Crippen molar-refractivity contribution in [1.82, 2.24) is 4.90 Å². The third-order valence-electron chi connectivity index (χ3n) is 3.62. The molecule has 1 atom stereocenters. The first-order valence-corrected chi connectivity index (χ1v) is 7.45. The zero-order valence-corrected chi connectivity index (χ0v) is 11.9. The predicted octanol–water partition coefficient (Wildman–Crippen LogP) is 2.90. The average Bonchev–Trinajstić information content (AvgIpc) is 3.12. The number of amidine groups is 1. The highest BCUT2D eigenvalue weighted by Crippen LogP contribution is 2.43. The van der Waals surface area contributed by atoms with Gasteiger partial charge in [0.05, 0.1) is 24.6 Å². The highest BCUT2D eigenvalue weighted by Gasteiger charge is 2.34. The SMILES string of the molecule is CC(O)C1=C(c2ccc3ccoc3c2)N2CCN=C2S1. The summed E-state index contributed by atoms with van der Waals surface area (Å²) in [7, 11) is 0. The normalized spacial score (nSPS) is 19.7. The molecule has 20 heavy (non-hydrogen) atoms. The minimum Gasteiger partial charge on any atom is -0.464 e. The van der Waals surface area contributed by atoms with Crippen molar-refractivity contribution in [2.75, 3.05) is 13.1 Å². The Morgan fingerprint density at radius 3 is 3.15 bits per heavy atom. The van der Waals surface area contributed by atoms with E-state index in [1.807, 2.05) is 12.1 Å². The number of thioether (sulfide) groups is 1. The van der Waals surface area contributed by atoms with Gasteiger partial charge in [-0.05, 0) is 19.1 Å². The Bertz CT molecular complexity index is 745. The number of aliphatic hydroxyl groups is 1. The molecule has 4 rings (SSSR count). The number of hydrogen-bond acceptors (Lipinski definition) is 5. The van der Waals surface area contributed by atoms with Gasteiger partial charge in [0.1, 0.15) is 5.58 Å². The van der Waals surface area contributed by atoms with Crippen LogP contribution in [-0.4, -0.2) is 34.4 Å². The standard InChI is InChI=1S/C15H14N2O2S/c1-9(18)14-13(17-6-5-16-15(17)20-14)11-3-2-10-4-7-19-12(10)8-11/h2-4,7-9,18H,5-6H2,1H3. The first-order valence-electron chi connectivity index (χ1n) is 6.64. The maximum absolute atomic E-state index is 10.0. The number of fused-ring (bicyclic) bond motifs is 2. The monoisotopic (exact) mass is 286 g/mol. The maximum Gasteiger partial charge on any atom is 0.168 e. The van der Waals surface area contributed by atoms with Gasteiger partial charge in [-0.25, -0.2) is 0 Å². The minimum atomic E-state index is -0.490. The van der Waals surface area contributed by atoms with Crippen molar-refractivity contribution in [2.24, 2.45) is 4.99 Å². The van der Waals surface area contributed by atoms with Gasteiger partial charge in [-0.15, -0.1) is 0 Å². The van der Waals surface area contributed by atoms with Gasteiger partial charge in [0.25, 0.3) is 0 Å². The zero-order valence-electron chi connectivity index (χ0n) is 11.0. The lowest BCUT2D eigenvalue weighted by atomic mass is 10.1. The average molecular weight is 286 g/mol. The fraction of sp³-hybridized carbons (Fsp3) is 0.267. The number of aliphatic hydroxyl groups excluding tert-OH is 1. The first kappa shape index (κ1) is 12.1. The van der Waals surface area contributed by atoms with E-state index in [9.17, 15) is 5.11 Å². The lowest BCUT2D eigenvalue weighted by Crippen LogP contribution is -2.20. The van der Waals surface area contributed by atoms with Gasteiger partial charge in [0.15, 0.2) is 5.17 Å². The molecule has 0 spiro atoms. The second-order valence-electron chi connectivity index (χ2n) is 4.98. The number of aliphatic imine (C=N–C) groups is 1. The van der Waals surface area contributed by atoms with Crippen molar-refractivity contribution in [1.29, 1.82) is 0 Å². The van der Waals surface area contributed by atoms with E-state index in [0.29, 0.717) is 0 Å². The Labute approximate surface area is 120 Å². The van der Waals surface area contributed by atoms with Gasteiger partial charge in [-0.3, -0.25) is 4.99 Å². The molecule has 0 saturated carbocycles. The van der Waals surface area contributed by atoms with Gasteiger partial charge in [0, 0.05) is 22.4 Å². The highest BCUT2D eigenvalue weighted by atomic mass is 32.2. The Balaban J connectivity index is 1.88. The largest absolute Gasteiger partial charge is 0.464 e. The summed E-state index contributed by atoms with van der Waals surface area (Å²) in [4.78, 5) is 7.65. The van der Waals surface area contributed by atoms with E-state index in [4.69, 9.17) is 4.42 Å². The van der Waals surface area contributed by atoms with Crippen LogP contribution in [0.2, 0.25) is 0 Å². The molecule has 0 radical (unpaired) electrons. The Morgan fingerprint density at radius 2 is 2.30 bits per heavy atom. The van der Waals surface area contributed by atoms with Crippen LogP contribution in [0, 0.1) is 0 Å². The Hall–Kier alpha value is -1.72. The molecule has 1 unspecified atom stereocenters. The van der Waals surface area contributed by atoms with Crippen LogP contribution in [0.4, 0.5) is 0 Å². The summed E-state index contributed by atoms with van der Waals surface area (Å²) in [5.41, 5.74) is 3.01. The second kappa shape index (κ2) is 4.40. The molecule has 0 saturated heterocycles. The van der Waals surface area contributed by atoms with Gasteiger partial charge in [-0.1, -0.05) is 23.9 Å². The molecule has 0 bridgehead atoms. The summed E-state index contributed by atoms with van der Waals surface area (Å²) in [6, 6.07) is 8.12. The predicted molar refractivity (Wildman–Crippen MR) is 81.4 cm³/mol. The van der Waals surface area contributed by atoms with E-state index in [1.165, 1.54) is 0 Å². The maximum atomic E-state index is 10.0. The quantitative estimate of drug-likeness (QED) is 0.922. The summed E-state index contributed by atoms with van der Waals surface area (Å²) >= 11 is 1.57. The van der Waals surface area contributed by atoms with Crippen molar-refractivity contribution in [3.05, 3.63) is 41.0 Å². The number of nitrogens with zero attached hydrogens (tertiary/aromatic N) is 2. The van der Waals surface area contributed by atoms with Gasteiger partial charge in [0.2, 0.25) is 0 Å². The third-order valence-corrected chi connectivity index (χ3v) is 4.90. The summed E-state index contributed by atoms with van der Waals surface area (Å²) in [6.45, 7) is 3.50. The van der Waals surface area contributed by atoms with Gasteiger partial charge >= 0.3 is 0 Å². The van der Waals surface area contributed by atoms with E-state index in [1.54, 1.807) is 24.9 Å². The number of furan rings is 1. The van der Waals surface area contributed by atoms with E-state index in [-0.39, 0.29) is 0 Å². The highest BCUT2D eigenvalue weighted by molar-refractivity contribution is 8.17. The molecule has 102 valence electrons. The van der Waals surface area contributed by atoms with E-state index in [0.717, 1.165) is 45.4 Å². The van der Waals surface area contributed by atoms with Crippen LogP contribution >= 0.6 is 11.8 Å². The van der Waals surface area contributed by atoms with Crippen molar-refractivity contribution in [3.63, 3.8) is 0 Å². The molecule has 3 heterocycles. The molecular weight excluding hydrogens is 272 g/mol. The molecule has 5 heteroatoms. The molecule has 1 aromatic carbocycles.